The molecular weight excluding hydrogens is 635 g/mol. The Hall–Kier alpha value is -5.25. The zero-order chi connectivity index (χ0) is 33.0. The van der Waals surface area contributed by atoms with Crippen molar-refractivity contribution in [2.75, 3.05) is 22.6 Å². The number of nitrogens with one attached hydrogen (secondary N) is 1. The molecule has 3 aromatic carbocycles. The van der Waals surface area contributed by atoms with Crippen molar-refractivity contribution in [1.82, 2.24) is 14.8 Å². The highest BCUT2D eigenvalue weighted by atomic mass is 32.2. The number of aromatic nitrogens is 3. The van der Waals surface area contributed by atoms with Gasteiger partial charge in [-0.2, -0.15) is 4.99 Å². The third kappa shape index (κ3) is 7.69. The number of amides is 3. The highest BCUT2D eigenvalue weighted by Gasteiger charge is 2.33. The lowest BCUT2D eigenvalue weighted by atomic mass is 10.1. The minimum atomic E-state index is -4.82. The fraction of sp³-hybridized carbons (Fsp3) is 0.167. The van der Waals surface area contributed by atoms with Crippen molar-refractivity contribution in [2.45, 2.75) is 20.2 Å². The van der Waals surface area contributed by atoms with E-state index in [2.05, 4.69) is 25.1 Å². The van der Waals surface area contributed by atoms with Crippen LogP contribution < -0.4 is 19.7 Å². The van der Waals surface area contributed by atoms with Crippen molar-refractivity contribution in [3.8, 4) is 17.2 Å². The number of benzene rings is 3. The average molecular weight is 659 g/mol. The quantitative estimate of drug-likeness (QED) is 0.203. The lowest BCUT2D eigenvalue weighted by Crippen LogP contribution is -2.31. The van der Waals surface area contributed by atoms with Crippen LogP contribution in [-0.4, -0.2) is 50.6 Å². The zero-order valence-corrected chi connectivity index (χ0v) is 24.8. The van der Waals surface area contributed by atoms with E-state index in [9.17, 15) is 31.5 Å². The molecule has 1 aliphatic rings. The second-order valence-electron chi connectivity index (χ2n) is 9.53. The van der Waals surface area contributed by atoms with E-state index in [-0.39, 0.29) is 28.2 Å². The Morgan fingerprint density at radius 1 is 1.09 bits per heavy atom. The topological polar surface area (TPSA) is 111 Å². The van der Waals surface area contributed by atoms with Crippen LogP contribution >= 0.6 is 11.8 Å². The normalized spacial score (nSPS) is 14.4. The monoisotopic (exact) mass is 658 g/mol. The second kappa shape index (κ2) is 13.4. The van der Waals surface area contributed by atoms with Crippen LogP contribution in [0.2, 0.25) is 0 Å². The lowest BCUT2D eigenvalue weighted by Gasteiger charge is -2.20. The highest BCUT2D eigenvalue weighted by molar-refractivity contribution is 8.15. The van der Waals surface area contributed by atoms with E-state index < -0.39 is 35.5 Å². The number of rotatable bonds is 8. The third-order valence-corrected chi connectivity index (χ3v) is 7.11. The summed E-state index contributed by atoms with van der Waals surface area (Å²) in [7, 11) is 0. The third-order valence-electron chi connectivity index (χ3n) is 6.18. The number of ether oxygens (including phenoxy) is 2. The molecule has 1 fully saturated rings. The maximum absolute atomic E-state index is 14.9. The molecule has 0 spiro atoms. The van der Waals surface area contributed by atoms with E-state index in [0.29, 0.717) is 23.7 Å². The molecule has 4 aromatic rings. The van der Waals surface area contributed by atoms with Crippen LogP contribution in [0.25, 0.3) is 17.8 Å². The molecule has 1 saturated heterocycles. The van der Waals surface area contributed by atoms with Crippen molar-refractivity contribution < 1.29 is 41.0 Å². The molecule has 2 heterocycles. The molecule has 0 radical (unpaired) electrons. The minimum absolute atomic E-state index is 0.00563. The van der Waals surface area contributed by atoms with E-state index in [1.54, 1.807) is 19.1 Å². The number of aliphatic imine (C=N–C) groups is 1. The number of nitrogens with zero attached hydrogens (tertiary/aromatic N) is 5. The average Bonchev–Trinajstić information content (AvgIpc) is 3.61. The van der Waals surface area contributed by atoms with Gasteiger partial charge >= 0.3 is 12.4 Å². The molecule has 46 heavy (non-hydrogen) atoms. The van der Waals surface area contributed by atoms with Gasteiger partial charge in [0.15, 0.2) is 11.0 Å². The van der Waals surface area contributed by atoms with E-state index in [0.717, 1.165) is 41.6 Å². The van der Waals surface area contributed by atoms with Gasteiger partial charge in [-0.25, -0.2) is 23.2 Å². The summed E-state index contributed by atoms with van der Waals surface area (Å²) in [6.45, 7) is 3.95. The van der Waals surface area contributed by atoms with Gasteiger partial charge in [-0.15, -0.1) is 18.3 Å². The molecule has 10 nitrogen and oxygen atoms in total. The summed E-state index contributed by atoms with van der Waals surface area (Å²) in [6, 6.07) is 11.0. The van der Waals surface area contributed by atoms with Crippen molar-refractivity contribution >= 4 is 52.4 Å². The van der Waals surface area contributed by atoms with Gasteiger partial charge in [0.05, 0.1) is 23.7 Å². The van der Waals surface area contributed by atoms with Crippen LogP contribution in [0, 0.1) is 18.6 Å². The second-order valence-corrected chi connectivity index (χ2v) is 10.5. The van der Waals surface area contributed by atoms with Crippen molar-refractivity contribution in [3.05, 3.63) is 89.5 Å². The molecule has 0 saturated carbocycles. The molecule has 5 rings (SSSR count). The summed E-state index contributed by atoms with van der Waals surface area (Å²) in [5, 5.41) is 6.28. The van der Waals surface area contributed by atoms with Crippen molar-refractivity contribution in [2.24, 2.45) is 4.99 Å². The fourth-order valence-electron chi connectivity index (χ4n) is 4.24. The molecule has 1 aliphatic heterocycles. The molecule has 3 amide bonds. The molecular formula is C30H23F5N6O4S. The van der Waals surface area contributed by atoms with Crippen LogP contribution in [0.15, 0.2) is 65.9 Å². The smallest absolute Gasteiger partial charge is 0.492 e. The number of amidine groups is 1. The molecule has 16 heteroatoms. The molecule has 1 N–H and O–H groups in total. The van der Waals surface area contributed by atoms with Crippen LogP contribution in [0.3, 0.4) is 0 Å². The number of halogens is 5. The number of aryl methyl sites for hydroxylation is 1. The summed E-state index contributed by atoms with van der Waals surface area (Å²) in [5.41, 5.74) is 0.959. The number of hydrogen-bond donors (Lipinski definition) is 1. The van der Waals surface area contributed by atoms with E-state index in [4.69, 9.17) is 4.74 Å². The van der Waals surface area contributed by atoms with Crippen molar-refractivity contribution in [3.63, 3.8) is 0 Å². The van der Waals surface area contributed by atoms with Crippen molar-refractivity contribution in [1.29, 1.82) is 0 Å². The van der Waals surface area contributed by atoms with Gasteiger partial charge in [0.2, 0.25) is 5.91 Å². The highest BCUT2D eigenvalue weighted by Crippen LogP contribution is 2.35. The molecule has 1 aromatic heterocycles. The van der Waals surface area contributed by atoms with Gasteiger partial charge in [-0.1, -0.05) is 23.9 Å². The minimum Gasteiger partial charge on any atom is -0.492 e. The van der Waals surface area contributed by atoms with Gasteiger partial charge in [0, 0.05) is 0 Å². The first kappa shape index (κ1) is 32.2. The standard InChI is InChI=1S/C30H23F5N6O4S/c1-3-44-24-10-4-17(2)12-23(24)41-26(42)15-46-29(41)38-28(43)37-27-21(31)13-18(14-22(27)32)5-11-25-36-16-40(39-25)19-6-8-20(9-7-19)45-30(33,34)35/h4-14,16H,3,15H2,1-2H3,(H,37,43)/b11-5+,38-29?. The number of carbonyl (C=O) groups excluding carboxylic acids is 2. The molecule has 0 unspecified atom stereocenters. The molecule has 238 valence electrons. The maximum Gasteiger partial charge on any atom is 0.573 e. The Balaban J connectivity index is 1.28. The molecule has 0 aliphatic carbocycles. The number of urea groups is 1. The van der Waals surface area contributed by atoms with Gasteiger partial charge in [0.1, 0.15) is 35.1 Å². The van der Waals surface area contributed by atoms with Gasteiger partial charge in [0.25, 0.3) is 0 Å². The van der Waals surface area contributed by atoms with E-state index in [1.165, 1.54) is 40.2 Å². The first-order chi connectivity index (χ1) is 21.9. The van der Waals surface area contributed by atoms with Gasteiger partial charge < -0.3 is 14.8 Å². The first-order valence-corrected chi connectivity index (χ1v) is 14.4. The number of alkyl halides is 3. The maximum atomic E-state index is 14.9. The predicted molar refractivity (Wildman–Crippen MR) is 162 cm³/mol. The Kier molecular flexibility index (Phi) is 9.36. The molecule has 0 atom stereocenters. The SMILES string of the molecule is CCOc1ccc(C)cc1N1C(=O)CSC1=NC(=O)Nc1c(F)cc(/C=C/c2ncn(-c3ccc(OC(F)(F)F)cc3)n2)cc1F. The Morgan fingerprint density at radius 3 is 2.48 bits per heavy atom. The summed E-state index contributed by atoms with van der Waals surface area (Å²) in [6.07, 6.45) is -0.831. The predicted octanol–water partition coefficient (Wildman–Crippen LogP) is 6.99. The number of hydrogen-bond acceptors (Lipinski definition) is 7. The Bertz CT molecular complexity index is 1820. The number of anilines is 2. The van der Waals surface area contributed by atoms with Crippen LogP contribution in [0.5, 0.6) is 11.5 Å². The Labute approximate surface area is 262 Å². The summed E-state index contributed by atoms with van der Waals surface area (Å²) in [5.74, 6) is -2.36. The Morgan fingerprint density at radius 2 is 1.80 bits per heavy atom. The first-order valence-electron chi connectivity index (χ1n) is 13.4. The van der Waals surface area contributed by atoms with E-state index in [1.807, 2.05) is 13.0 Å². The summed E-state index contributed by atoms with van der Waals surface area (Å²) in [4.78, 5) is 34.6. The number of thioether (sulfide) groups is 1. The van der Waals surface area contributed by atoms with Gasteiger partial charge in [-0.3, -0.25) is 9.69 Å². The lowest BCUT2D eigenvalue weighted by molar-refractivity contribution is -0.274. The van der Waals surface area contributed by atoms with E-state index >= 15 is 0 Å². The number of carbonyl (C=O) groups is 2. The summed E-state index contributed by atoms with van der Waals surface area (Å²) >= 11 is 0.996. The van der Waals surface area contributed by atoms with Crippen LogP contribution in [-0.2, 0) is 4.79 Å². The largest absolute Gasteiger partial charge is 0.573 e. The summed E-state index contributed by atoms with van der Waals surface area (Å²) < 4.78 is 77.7. The zero-order valence-electron chi connectivity index (χ0n) is 24.0. The van der Waals surface area contributed by atoms with Gasteiger partial charge in [-0.05, 0) is 79.6 Å². The van der Waals surface area contributed by atoms with Crippen LogP contribution in [0.4, 0.5) is 38.1 Å². The van der Waals surface area contributed by atoms with Crippen LogP contribution in [0.1, 0.15) is 23.9 Å². The fourth-order valence-corrected chi connectivity index (χ4v) is 5.10. The molecule has 0 bridgehead atoms.